The van der Waals surface area contributed by atoms with Crippen molar-refractivity contribution in [3.8, 4) is 0 Å². The van der Waals surface area contributed by atoms with E-state index in [0.29, 0.717) is 11.2 Å². The first-order valence-electron chi connectivity index (χ1n) is 7.22. The molecule has 4 nitrogen and oxygen atoms in total. The predicted molar refractivity (Wildman–Crippen MR) is 76.3 cm³/mol. The maximum Gasteiger partial charge on any atom is 0.421 e. The largest absolute Gasteiger partial charge is 0.421 e. The average Bonchev–Trinajstić information content (AvgIpc) is 2.78. The summed E-state index contributed by atoms with van der Waals surface area (Å²) in [7, 11) is 0. The minimum Gasteiger partial charge on any atom is -0.406 e. The Bertz CT molecular complexity index is 577. The second-order valence-electron chi connectivity index (χ2n) is 4.98. The molecular weight excluding hydrogens is 240 g/mol. The lowest BCUT2D eigenvalue weighted by Gasteiger charge is -2.26. The number of oxazole rings is 1. The number of hydrogen-bond donors (Lipinski definition) is 0. The van der Waals surface area contributed by atoms with E-state index in [-0.39, 0.29) is 11.8 Å². The standard InChI is InChI=1S/C13H16N2O2.C2H6/c1-9-4-6-10(7-5-9)15-12-11(17-13(15)16)3-2-8-14-12;1-2/h2-3,8-10H,4-7H2,1H3;1-2H3. The third-order valence-corrected chi connectivity index (χ3v) is 3.72. The van der Waals surface area contributed by atoms with Gasteiger partial charge in [0.05, 0.1) is 0 Å². The van der Waals surface area contributed by atoms with Gasteiger partial charge in [0.15, 0.2) is 11.2 Å². The normalized spacial score (nSPS) is 22.9. The molecule has 1 fully saturated rings. The van der Waals surface area contributed by atoms with E-state index in [1.807, 2.05) is 13.8 Å². The maximum absolute atomic E-state index is 11.9. The molecule has 1 aliphatic rings. The highest BCUT2D eigenvalue weighted by molar-refractivity contribution is 5.67. The van der Waals surface area contributed by atoms with Gasteiger partial charge in [0.25, 0.3) is 0 Å². The van der Waals surface area contributed by atoms with Gasteiger partial charge in [0.2, 0.25) is 0 Å². The number of rotatable bonds is 1. The van der Waals surface area contributed by atoms with Crippen molar-refractivity contribution in [2.75, 3.05) is 0 Å². The zero-order valence-electron chi connectivity index (χ0n) is 11.9. The van der Waals surface area contributed by atoms with Gasteiger partial charge in [-0.3, -0.25) is 4.57 Å². The van der Waals surface area contributed by atoms with Crippen LogP contribution in [0.1, 0.15) is 52.5 Å². The van der Waals surface area contributed by atoms with Gasteiger partial charge in [-0.25, -0.2) is 9.78 Å². The van der Waals surface area contributed by atoms with Crippen molar-refractivity contribution < 1.29 is 4.42 Å². The molecule has 0 atom stereocenters. The van der Waals surface area contributed by atoms with E-state index >= 15 is 0 Å². The van der Waals surface area contributed by atoms with Gasteiger partial charge in [0, 0.05) is 12.2 Å². The summed E-state index contributed by atoms with van der Waals surface area (Å²) in [6, 6.07) is 3.85. The number of hydrogen-bond acceptors (Lipinski definition) is 3. The average molecular weight is 262 g/mol. The Balaban J connectivity index is 0.000000637. The lowest BCUT2D eigenvalue weighted by molar-refractivity contribution is 0.280. The SMILES string of the molecule is CC.CC1CCC(n2c(=O)oc3cccnc32)CC1. The Kier molecular flexibility index (Phi) is 4.40. The molecule has 104 valence electrons. The Morgan fingerprint density at radius 1 is 1.26 bits per heavy atom. The Hall–Kier alpha value is -1.58. The van der Waals surface area contributed by atoms with E-state index in [2.05, 4.69) is 11.9 Å². The zero-order valence-corrected chi connectivity index (χ0v) is 11.9. The van der Waals surface area contributed by atoms with Crippen LogP contribution in [0.3, 0.4) is 0 Å². The first kappa shape index (κ1) is 13.8. The lowest BCUT2D eigenvalue weighted by atomic mass is 9.87. The van der Waals surface area contributed by atoms with Gasteiger partial charge in [-0.2, -0.15) is 0 Å². The van der Waals surface area contributed by atoms with Crippen LogP contribution in [0.15, 0.2) is 27.5 Å². The Labute approximate surface area is 113 Å². The fourth-order valence-electron chi connectivity index (χ4n) is 2.70. The van der Waals surface area contributed by atoms with E-state index < -0.39 is 0 Å². The van der Waals surface area contributed by atoms with Crippen molar-refractivity contribution in [3.63, 3.8) is 0 Å². The van der Waals surface area contributed by atoms with Gasteiger partial charge in [-0.15, -0.1) is 0 Å². The number of aromatic nitrogens is 2. The molecule has 2 aromatic rings. The third-order valence-electron chi connectivity index (χ3n) is 3.72. The zero-order chi connectivity index (χ0) is 13.8. The van der Waals surface area contributed by atoms with E-state index in [4.69, 9.17) is 4.42 Å². The van der Waals surface area contributed by atoms with E-state index in [0.717, 1.165) is 18.8 Å². The van der Waals surface area contributed by atoms with Crippen LogP contribution >= 0.6 is 0 Å². The van der Waals surface area contributed by atoms with Crippen molar-refractivity contribution in [1.82, 2.24) is 9.55 Å². The molecule has 0 amide bonds. The second kappa shape index (κ2) is 6.04. The molecule has 1 aliphatic carbocycles. The number of nitrogens with zero attached hydrogens (tertiary/aromatic N) is 2. The summed E-state index contributed by atoms with van der Waals surface area (Å²) in [6.07, 6.45) is 6.16. The fraction of sp³-hybridized carbons (Fsp3) is 0.600. The highest BCUT2D eigenvalue weighted by Crippen LogP contribution is 2.32. The van der Waals surface area contributed by atoms with Gasteiger partial charge in [-0.05, 0) is 43.7 Å². The number of fused-ring (bicyclic) bond motifs is 1. The summed E-state index contributed by atoms with van der Waals surface area (Å²) < 4.78 is 6.96. The molecule has 1 saturated carbocycles. The quantitative estimate of drug-likeness (QED) is 0.786. The van der Waals surface area contributed by atoms with Crippen LogP contribution < -0.4 is 5.76 Å². The summed E-state index contributed by atoms with van der Waals surface area (Å²) >= 11 is 0. The molecule has 0 bridgehead atoms. The molecule has 0 saturated heterocycles. The van der Waals surface area contributed by atoms with Gasteiger partial charge < -0.3 is 4.42 Å². The summed E-state index contributed by atoms with van der Waals surface area (Å²) in [5.74, 6) is 0.506. The first-order valence-corrected chi connectivity index (χ1v) is 7.22. The lowest BCUT2D eigenvalue weighted by Crippen LogP contribution is -2.24. The maximum atomic E-state index is 11.9. The van der Waals surface area contributed by atoms with Crippen molar-refractivity contribution >= 4 is 11.2 Å². The van der Waals surface area contributed by atoms with Gasteiger partial charge in [-0.1, -0.05) is 20.8 Å². The molecule has 0 aliphatic heterocycles. The van der Waals surface area contributed by atoms with E-state index in [1.165, 1.54) is 12.8 Å². The fourth-order valence-corrected chi connectivity index (χ4v) is 2.70. The molecule has 0 spiro atoms. The van der Waals surface area contributed by atoms with Crippen molar-refractivity contribution in [1.29, 1.82) is 0 Å². The van der Waals surface area contributed by atoms with E-state index in [1.54, 1.807) is 22.9 Å². The topological polar surface area (TPSA) is 48.0 Å². The summed E-state index contributed by atoms with van der Waals surface area (Å²) in [4.78, 5) is 16.1. The highest BCUT2D eigenvalue weighted by atomic mass is 16.4. The molecule has 0 radical (unpaired) electrons. The van der Waals surface area contributed by atoms with Crippen LogP contribution in [-0.2, 0) is 0 Å². The van der Waals surface area contributed by atoms with Crippen LogP contribution in [0.5, 0.6) is 0 Å². The van der Waals surface area contributed by atoms with Gasteiger partial charge in [0.1, 0.15) is 0 Å². The van der Waals surface area contributed by atoms with Crippen molar-refractivity contribution in [3.05, 3.63) is 28.9 Å². The van der Waals surface area contributed by atoms with Crippen LogP contribution in [0, 0.1) is 5.92 Å². The van der Waals surface area contributed by atoms with Gasteiger partial charge >= 0.3 is 5.76 Å². The van der Waals surface area contributed by atoms with E-state index in [9.17, 15) is 4.79 Å². The Morgan fingerprint density at radius 2 is 1.95 bits per heavy atom. The Morgan fingerprint density at radius 3 is 2.63 bits per heavy atom. The molecule has 4 heteroatoms. The minimum atomic E-state index is -0.266. The molecule has 2 aromatic heterocycles. The second-order valence-corrected chi connectivity index (χ2v) is 4.98. The third kappa shape index (κ3) is 2.72. The molecule has 0 N–H and O–H groups in total. The highest BCUT2D eigenvalue weighted by Gasteiger charge is 2.24. The van der Waals surface area contributed by atoms with Crippen LogP contribution in [0.2, 0.25) is 0 Å². The predicted octanol–water partition coefficient (Wildman–Crippen LogP) is 3.77. The molecule has 0 unspecified atom stereocenters. The monoisotopic (exact) mass is 262 g/mol. The summed E-state index contributed by atoms with van der Waals surface area (Å²) in [5, 5.41) is 0. The number of pyridine rings is 1. The smallest absolute Gasteiger partial charge is 0.406 e. The molecule has 2 heterocycles. The molecule has 3 rings (SSSR count). The minimum absolute atomic E-state index is 0.259. The summed E-state index contributed by atoms with van der Waals surface area (Å²) in [5.41, 5.74) is 1.29. The van der Waals surface area contributed by atoms with Crippen LogP contribution in [-0.4, -0.2) is 9.55 Å². The van der Waals surface area contributed by atoms with Crippen molar-refractivity contribution in [2.24, 2.45) is 5.92 Å². The van der Waals surface area contributed by atoms with Crippen LogP contribution in [0.25, 0.3) is 11.2 Å². The molecular formula is C15H22N2O2. The van der Waals surface area contributed by atoms with Crippen LogP contribution in [0.4, 0.5) is 0 Å². The first-order chi connectivity index (χ1) is 9.25. The molecule has 0 aromatic carbocycles. The summed E-state index contributed by atoms with van der Waals surface area (Å²) in [6.45, 7) is 6.27. The van der Waals surface area contributed by atoms with Crippen molar-refractivity contribution in [2.45, 2.75) is 52.5 Å². The molecule has 19 heavy (non-hydrogen) atoms.